The quantitative estimate of drug-likeness (QED) is 0.844. The summed E-state index contributed by atoms with van der Waals surface area (Å²) in [5.41, 5.74) is 6.09. The Hall–Kier alpha value is -1.95. The first-order valence-electron chi connectivity index (χ1n) is 4.65. The average molecular weight is 223 g/mol. The molecule has 2 N–H and O–H groups in total. The van der Waals surface area contributed by atoms with Crippen molar-refractivity contribution >= 4 is 0 Å². The van der Waals surface area contributed by atoms with Gasteiger partial charge in [0.2, 0.25) is 12.2 Å². The number of ether oxygens (including phenoxy) is 1. The van der Waals surface area contributed by atoms with E-state index < -0.39 is 0 Å². The smallest absolute Gasteiger partial charge is 0.213 e. The lowest BCUT2D eigenvalue weighted by atomic mass is 10.2. The summed E-state index contributed by atoms with van der Waals surface area (Å²) in [5.74, 6) is 0.412. The van der Waals surface area contributed by atoms with E-state index in [1.54, 1.807) is 6.07 Å². The SMILES string of the molecule is NCc1cc(F)cc(OCc2ncon2)c1. The normalized spacial score (nSPS) is 10.4. The molecule has 0 amide bonds. The van der Waals surface area contributed by atoms with Gasteiger partial charge in [0.25, 0.3) is 0 Å². The van der Waals surface area contributed by atoms with E-state index in [0.717, 1.165) is 0 Å². The molecule has 2 aromatic rings. The molecule has 0 saturated heterocycles. The summed E-state index contributed by atoms with van der Waals surface area (Å²) < 4.78 is 22.9. The van der Waals surface area contributed by atoms with E-state index in [1.165, 1.54) is 18.5 Å². The highest BCUT2D eigenvalue weighted by Crippen LogP contribution is 2.16. The maximum atomic E-state index is 13.1. The van der Waals surface area contributed by atoms with E-state index in [1.807, 2.05) is 0 Å². The summed E-state index contributed by atoms with van der Waals surface area (Å²) in [6.07, 6.45) is 1.20. The van der Waals surface area contributed by atoms with Gasteiger partial charge < -0.3 is 15.0 Å². The summed E-state index contributed by atoms with van der Waals surface area (Å²) in [6.45, 7) is 0.389. The number of hydrogen-bond acceptors (Lipinski definition) is 5. The molecule has 1 aromatic carbocycles. The predicted molar refractivity (Wildman–Crippen MR) is 52.9 cm³/mol. The van der Waals surface area contributed by atoms with Crippen LogP contribution in [0.2, 0.25) is 0 Å². The van der Waals surface area contributed by atoms with Crippen molar-refractivity contribution in [3.05, 3.63) is 41.8 Å². The zero-order valence-corrected chi connectivity index (χ0v) is 8.39. The molecule has 0 bridgehead atoms. The van der Waals surface area contributed by atoms with E-state index in [-0.39, 0.29) is 19.0 Å². The van der Waals surface area contributed by atoms with Crippen LogP contribution in [-0.2, 0) is 13.2 Å². The molecule has 0 spiro atoms. The van der Waals surface area contributed by atoms with Gasteiger partial charge in [-0.2, -0.15) is 4.98 Å². The van der Waals surface area contributed by atoms with Crippen LogP contribution in [0, 0.1) is 5.82 Å². The van der Waals surface area contributed by atoms with Crippen molar-refractivity contribution in [1.29, 1.82) is 0 Å². The minimum absolute atomic E-state index is 0.129. The lowest BCUT2D eigenvalue weighted by Gasteiger charge is -2.05. The molecule has 0 unspecified atom stereocenters. The average Bonchev–Trinajstić information content (AvgIpc) is 2.78. The zero-order valence-electron chi connectivity index (χ0n) is 8.39. The summed E-state index contributed by atoms with van der Waals surface area (Å²) in [7, 11) is 0. The fourth-order valence-corrected chi connectivity index (χ4v) is 1.23. The maximum Gasteiger partial charge on any atom is 0.213 e. The summed E-state index contributed by atoms with van der Waals surface area (Å²) in [4.78, 5) is 3.78. The Labute approximate surface area is 91.0 Å². The molecule has 0 aliphatic rings. The highest BCUT2D eigenvalue weighted by Gasteiger charge is 2.03. The molecular weight excluding hydrogens is 213 g/mol. The molecule has 0 atom stereocenters. The van der Waals surface area contributed by atoms with Gasteiger partial charge in [-0.1, -0.05) is 5.16 Å². The maximum absolute atomic E-state index is 13.1. The Morgan fingerprint density at radius 3 is 2.94 bits per heavy atom. The monoisotopic (exact) mass is 223 g/mol. The van der Waals surface area contributed by atoms with Gasteiger partial charge in [-0.05, 0) is 17.7 Å². The van der Waals surface area contributed by atoms with Crippen molar-refractivity contribution in [3.8, 4) is 5.75 Å². The number of rotatable bonds is 4. The van der Waals surface area contributed by atoms with Gasteiger partial charge in [-0.25, -0.2) is 4.39 Å². The van der Waals surface area contributed by atoms with Crippen molar-refractivity contribution in [1.82, 2.24) is 10.1 Å². The lowest BCUT2D eigenvalue weighted by molar-refractivity contribution is 0.285. The van der Waals surface area contributed by atoms with Crippen LogP contribution in [0.5, 0.6) is 5.75 Å². The number of benzene rings is 1. The Morgan fingerprint density at radius 1 is 1.38 bits per heavy atom. The summed E-state index contributed by atoms with van der Waals surface area (Å²) in [6, 6.07) is 4.31. The highest BCUT2D eigenvalue weighted by molar-refractivity contribution is 5.29. The molecular formula is C10H10FN3O2. The lowest BCUT2D eigenvalue weighted by Crippen LogP contribution is -2.01. The van der Waals surface area contributed by atoms with Crippen LogP contribution in [-0.4, -0.2) is 10.1 Å². The Morgan fingerprint density at radius 2 is 2.25 bits per heavy atom. The molecule has 16 heavy (non-hydrogen) atoms. The molecule has 1 heterocycles. The summed E-state index contributed by atoms with van der Waals surface area (Å²) in [5, 5.41) is 3.57. The van der Waals surface area contributed by atoms with Gasteiger partial charge >= 0.3 is 0 Å². The highest BCUT2D eigenvalue weighted by atomic mass is 19.1. The molecule has 1 aromatic heterocycles. The number of aromatic nitrogens is 2. The molecule has 0 aliphatic heterocycles. The third-order valence-corrected chi connectivity index (χ3v) is 1.94. The topological polar surface area (TPSA) is 74.2 Å². The van der Waals surface area contributed by atoms with E-state index in [2.05, 4.69) is 14.7 Å². The van der Waals surface area contributed by atoms with Crippen molar-refractivity contribution in [2.75, 3.05) is 0 Å². The van der Waals surface area contributed by atoms with Gasteiger partial charge in [0, 0.05) is 12.6 Å². The second kappa shape index (κ2) is 4.71. The summed E-state index contributed by atoms with van der Waals surface area (Å²) >= 11 is 0. The van der Waals surface area contributed by atoms with Crippen molar-refractivity contribution in [2.24, 2.45) is 5.73 Å². The minimum Gasteiger partial charge on any atom is -0.485 e. The minimum atomic E-state index is -0.383. The Kier molecular flexibility index (Phi) is 3.11. The van der Waals surface area contributed by atoms with Crippen LogP contribution in [0.25, 0.3) is 0 Å². The molecule has 6 heteroatoms. The number of halogens is 1. The molecule has 0 aliphatic carbocycles. The van der Waals surface area contributed by atoms with Gasteiger partial charge in [-0.3, -0.25) is 0 Å². The van der Waals surface area contributed by atoms with Crippen LogP contribution < -0.4 is 10.5 Å². The first kappa shape index (κ1) is 10.6. The van der Waals surface area contributed by atoms with Crippen LogP contribution in [0.1, 0.15) is 11.4 Å². The third-order valence-electron chi connectivity index (χ3n) is 1.94. The van der Waals surface area contributed by atoms with E-state index in [0.29, 0.717) is 17.1 Å². The number of nitrogens with zero attached hydrogens (tertiary/aromatic N) is 2. The fraction of sp³-hybridized carbons (Fsp3) is 0.200. The van der Waals surface area contributed by atoms with Crippen LogP contribution >= 0.6 is 0 Å². The van der Waals surface area contributed by atoms with Gasteiger partial charge in [0.1, 0.15) is 11.6 Å². The fourth-order valence-electron chi connectivity index (χ4n) is 1.23. The predicted octanol–water partition coefficient (Wildman–Crippen LogP) is 1.25. The molecule has 84 valence electrons. The van der Waals surface area contributed by atoms with E-state index in [4.69, 9.17) is 10.5 Å². The molecule has 0 radical (unpaired) electrons. The van der Waals surface area contributed by atoms with Crippen molar-refractivity contribution in [2.45, 2.75) is 13.2 Å². The first-order valence-corrected chi connectivity index (χ1v) is 4.65. The van der Waals surface area contributed by atoms with Gasteiger partial charge in [0.05, 0.1) is 0 Å². The molecule has 0 fully saturated rings. The number of nitrogens with two attached hydrogens (primary N) is 1. The second-order valence-corrected chi connectivity index (χ2v) is 3.14. The van der Waals surface area contributed by atoms with Crippen molar-refractivity contribution in [3.63, 3.8) is 0 Å². The number of hydrogen-bond donors (Lipinski definition) is 1. The van der Waals surface area contributed by atoms with Crippen LogP contribution in [0.3, 0.4) is 0 Å². The van der Waals surface area contributed by atoms with Crippen LogP contribution in [0.4, 0.5) is 4.39 Å². The third kappa shape index (κ3) is 2.54. The first-order chi connectivity index (χ1) is 7.78. The largest absolute Gasteiger partial charge is 0.485 e. The molecule has 2 rings (SSSR count). The molecule has 0 saturated carbocycles. The van der Waals surface area contributed by atoms with Gasteiger partial charge in [0.15, 0.2) is 6.61 Å². The second-order valence-electron chi connectivity index (χ2n) is 3.14. The van der Waals surface area contributed by atoms with Crippen LogP contribution in [0.15, 0.2) is 29.1 Å². The molecule has 5 nitrogen and oxygen atoms in total. The van der Waals surface area contributed by atoms with E-state index in [9.17, 15) is 4.39 Å². The van der Waals surface area contributed by atoms with Gasteiger partial charge in [-0.15, -0.1) is 0 Å². The standard InChI is InChI=1S/C10H10FN3O2/c11-8-1-7(4-12)2-9(3-8)15-5-10-13-6-16-14-10/h1-3,6H,4-5,12H2. The zero-order chi connectivity index (χ0) is 11.4. The Balaban J connectivity index is 2.06. The van der Waals surface area contributed by atoms with Crippen molar-refractivity contribution < 1.29 is 13.7 Å². The van der Waals surface area contributed by atoms with E-state index >= 15 is 0 Å². The Bertz CT molecular complexity index is 459.